The van der Waals surface area contributed by atoms with Crippen molar-refractivity contribution in [2.24, 2.45) is 16.7 Å². The van der Waals surface area contributed by atoms with E-state index in [-0.39, 0.29) is 16.9 Å². The van der Waals surface area contributed by atoms with Gasteiger partial charge in [-0.1, -0.05) is 34.6 Å². The molecule has 0 unspecified atom stereocenters. The summed E-state index contributed by atoms with van der Waals surface area (Å²) in [5, 5.41) is 8.93. The van der Waals surface area contributed by atoms with E-state index in [2.05, 4.69) is 56.6 Å². The van der Waals surface area contributed by atoms with Crippen molar-refractivity contribution in [3.05, 3.63) is 28.2 Å². The first-order valence-corrected chi connectivity index (χ1v) is 7.37. The Morgan fingerprint density at radius 2 is 1.79 bits per heavy atom. The Morgan fingerprint density at radius 1 is 1.21 bits per heavy atom. The molecule has 1 fully saturated rings. The second-order valence-electron chi connectivity index (χ2n) is 6.62. The van der Waals surface area contributed by atoms with E-state index >= 15 is 0 Å². The second kappa shape index (κ2) is 4.52. The first-order valence-electron chi connectivity index (χ1n) is 6.57. The number of nitriles is 1. The Morgan fingerprint density at radius 3 is 2.26 bits per heavy atom. The number of ether oxygens (including phenoxy) is 1. The van der Waals surface area contributed by atoms with Gasteiger partial charge in [0.2, 0.25) is 0 Å². The van der Waals surface area contributed by atoms with Crippen LogP contribution in [-0.4, -0.2) is 6.10 Å². The summed E-state index contributed by atoms with van der Waals surface area (Å²) in [6.07, 6.45) is 0.190. The predicted octanol–water partition coefficient (Wildman–Crippen LogP) is 4.77. The average molecular weight is 322 g/mol. The molecule has 0 atom stereocenters. The molecule has 1 aromatic rings. The molecule has 0 N–H and O–H groups in total. The monoisotopic (exact) mass is 321 g/mol. The van der Waals surface area contributed by atoms with E-state index < -0.39 is 0 Å². The van der Waals surface area contributed by atoms with Crippen LogP contribution < -0.4 is 4.74 Å². The molecule has 0 saturated heterocycles. The Balaban J connectivity index is 2.23. The number of hydrogen-bond acceptors (Lipinski definition) is 2. The SMILES string of the molecule is CC1(C)[C@H](C)C(C)(C)[C@H]1Oc1ccc(C#N)c(Br)c1. The third-order valence-electron chi connectivity index (χ3n) is 4.90. The zero-order valence-corrected chi connectivity index (χ0v) is 13.7. The number of nitrogens with zero attached hydrogens (tertiary/aromatic N) is 1. The van der Waals surface area contributed by atoms with E-state index in [1.165, 1.54) is 0 Å². The van der Waals surface area contributed by atoms with Crippen molar-refractivity contribution < 1.29 is 4.74 Å². The molecular formula is C16H20BrNO. The predicted molar refractivity (Wildman–Crippen MR) is 80.0 cm³/mol. The first kappa shape index (κ1) is 14.4. The normalized spacial score (nSPS) is 27.2. The zero-order chi connectivity index (χ0) is 14.4. The zero-order valence-electron chi connectivity index (χ0n) is 12.1. The molecule has 102 valence electrons. The quantitative estimate of drug-likeness (QED) is 0.786. The summed E-state index contributed by atoms with van der Waals surface area (Å²) in [6, 6.07) is 7.69. The second-order valence-corrected chi connectivity index (χ2v) is 7.47. The molecule has 2 nitrogen and oxygen atoms in total. The van der Waals surface area contributed by atoms with Crippen LogP contribution in [0.1, 0.15) is 40.2 Å². The molecule has 1 aromatic carbocycles. The van der Waals surface area contributed by atoms with Crippen molar-refractivity contribution in [1.82, 2.24) is 0 Å². The minimum absolute atomic E-state index is 0.171. The van der Waals surface area contributed by atoms with Crippen LogP contribution in [0.5, 0.6) is 5.75 Å². The van der Waals surface area contributed by atoms with Crippen molar-refractivity contribution in [3.63, 3.8) is 0 Å². The minimum Gasteiger partial charge on any atom is -0.489 e. The van der Waals surface area contributed by atoms with E-state index in [1.54, 1.807) is 6.07 Å². The highest BCUT2D eigenvalue weighted by atomic mass is 79.9. The number of halogens is 1. The lowest BCUT2D eigenvalue weighted by Gasteiger charge is -2.62. The topological polar surface area (TPSA) is 33.0 Å². The summed E-state index contributed by atoms with van der Waals surface area (Å²) >= 11 is 3.40. The van der Waals surface area contributed by atoms with E-state index in [0.717, 1.165) is 10.2 Å². The van der Waals surface area contributed by atoms with Crippen LogP contribution in [0.25, 0.3) is 0 Å². The fraction of sp³-hybridized carbons (Fsp3) is 0.562. The standard InChI is InChI=1S/C16H20BrNO/c1-10-15(2,3)14(16(10,4)5)19-12-7-6-11(9-18)13(17)8-12/h6-8,10,14H,1-5H3/t10-,14-. The van der Waals surface area contributed by atoms with Crippen LogP contribution >= 0.6 is 15.9 Å². The largest absolute Gasteiger partial charge is 0.489 e. The molecule has 2 rings (SSSR count). The molecule has 0 aliphatic heterocycles. The molecular weight excluding hydrogens is 302 g/mol. The van der Waals surface area contributed by atoms with Crippen LogP contribution in [0.2, 0.25) is 0 Å². The van der Waals surface area contributed by atoms with Gasteiger partial charge in [-0.15, -0.1) is 0 Å². The van der Waals surface area contributed by atoms with Gasteiger partial charge in [0, 0.05) is 15.3 Å². The molecule has 1 saturated carbocycles. The summed E-state index contributed by atoms with van der Waals surface area (Å²) in [7, 11) is 0. The molecule has 0 aromatic heterocycles. The molecule has 1 aliphatic rings. The molecule has 19 heavy (non-hydrogen) atoms. The Hall–Kier alpha value is -1.01. The highest BCUT2D eigenvalue weighted by Crippen LogP contribution is 2.59. The lowest BCUT2D eigenvalue weighted by Crippen LogP contribution is -2.64. The summed E-state index contributed by atoms with van der Waals surface area (Å²) in [4.78, 5) is 0. The summed E-state index contributed by atoms with van der Waals surface area (Å²) in [5.74, 6) is 1.44. The van der Waals surface area contributed by atoms with E-state index in [9.17, 15) is 0 Å². The van der Waals surface area contributed by atoms with Crippen molar-refractivity contribution in [2.45, 2.75) is 40.7 Å². The fourth-order valence-corrected chi connectivity index (χ4v) is 3.82. The van der Waals surface area contributed by atoms with Gasteiger partial charge in [0.25, 0.3) is 0 Å². The van der Waals surface area contributed by atoms with Gasteiger partial charge in [0.1, 0.15) is 17.9 Å². The maximum atomic E-state index is 8.93. The molecule has 0 radical (unpaired) electrons. The number of rotatable bonds is 2. The Labute approximate surface area is 123 Å². The molecule has 3 heteroatoms. The lowest BCUT2D eigenvalue weighted by atomic mass is 9.46. The van der Waals surface area contributed by atoms with Crippen molar-refractivity contribution in [2.75, 3.05) is 0 Å². The van der Waals surface area contributed by atoms with Crippen molar-refractivity contribution >= 4 is 15.9 Å². The number of hydrogen-bond donors (Lipinski definition) is 0. The van der Waals surface area contributed by atoms with Gasteiger partial charge in [-0.2, -0.15) is 5.26 Å². The Kier molecular flexibility index (Phi) is 3.43. The molecule has 0 bridgehead atoms. The molecule has 0 spiro atoms. The van der Waals surface area contributed by atoms with Crippen LogP contribution in [0, 0.1) is 28.1 Å². The highest BCUT2D eigenvalue weighted by molar-refractivity contribution is 9.10. The third-order valence-corrected chi connectivity index (χ3v) is 5.55. The Bertz CT molecular complexity index is 526. The van der Waals surface area contributed by atoms with Gasteiger partial charge in [-0.25, -0.2) is 0 Å². The summed E-state index contributed by atoms with van der Waals surface area (Å²) in [6.45, 7) is 11.3. The van der Waals surface area contributed by atoms with E-state index in [1.807, 2.05) is 12.1 Å². The lowest BCUT2D eigenvalue weighted by molar-refractivity contribution is -0.190. The molecule has 0 heterocycles. The van der Waals surface area contributed by atoms with Gasteiger partial charge in [0.05, 0.1) is 5.56 Å². The van der Waals surface area contributed by atoms with Gasteiger partial charge in [-0.3, -0.25) is 0 Å². The van der Waals surface area contributed by atoms with E-state index in [0.29, 0.717) is 11.5 Å². The van der Waals surface area contributed by atoms with Gasteiger partial charge < -0.3 is 4.74 Å². The molecule has 0 amide bonds. The van der Waals surface area contributed by atoms with Gasteiger partial charge >= 0.3 is 0 Å². The summed E-state index contributed by atoms with van der Waals surface area (Å²) in [5.41, 5.74) is 0.973. The van der Waals surface area contributed by atoms with Crippen LogP contribution in [0.3, 0.4) is 0 Å². The minimum atomic E-state index is 0.171. The maximum Gasteiger partial charge on any atom is 0.120 e. The molecule has 1 aliphatic carbocycles. The smallest absolute Gasteiger partial charge is 0.120 e. The van der Waals surface area contributed by atoms with Crippen molar-refractivity contribution in [1.29, 1.82) is 5.26 Å². The fourth-order valence-electron chi connectivity index (χ4n) is 3.38. The van der Waals surface area contributed by atoms with Gasteiger partial charge in [0.15, 0.2) is 0 Å². The maximum absolute atomic E-state index is 8.93. The first-order chi connectivity index (χ1) is 8.71. The van der Waals surface area contributed by atoms with E-state index in [4.69, 9.17) is 10.00 Å². The van der Waals surface area contributed by atoms with Gasteiger partial charge in [-0.05, 0) is 40.0 Å². The van der Waals surface area contributed by atoms with Crippen molar-refractivity contribution in [3.8, 4) is 11.8 Å². The number of benzene rings is 1. The van der Waals surface area contributed by atoms with Crippen LogP contribution in [-0.2, 0) is 0 Å². The highest BCUT2D eigenvalue weighted by Gasteiger charge is 2.61. The summed E-state index contributed by atoms with van der Waals surface area (Å²) < 4.78 is 6.98. The van der Waals surface area contributed by atoms with Crippen LogP contribution in [0.15, 0.2) is 22.7 Å². The third kappa shape index (κ3) is 2.17. The van der Waals surface area contributed by atoms with Crippen LogP contribution in [0.4, 0.5) is 0 Å². The average Bonchev–Trinajstić information content (AvgIpc) is 2.34.